The molecule has 0 saturated heterocycles. The van der Waals surface area contributed by atoms with E-state index in [0.717, 1.165) is 11.4 Å². The molecule has 0 unspecified atom stereocenters. The Bertz CT molecular complexity index is 610. The molecule has 0 spiro atoms. The van der Waals surface area contributed by atoms with Crippen LogP contribution >= 0.6 is 0 Å². The molecule has 0 aliphatic carbocycles. The van der Waals surface area contributed by atoms with Crippen LogP contribution in [0, 0.1) is 5.92 Å². The van der Waals surface area contributed by atoms with Crippen LogP contribution in [-0.4, -0.2) is 19.4 Å². The van der Waals surface area contributed by atoms with E-state index in [4.69, 9.17) is 9.84 Å². The lowest BCUT2D eigenvalue weighted by molar-refractivity contribution is 0.168. The maximum Gasteiger partial charge on any atom is 0.0878 e. The van der Waals surface area contributed by atoms with Gasteiger partial charge < -0.3 is 4.74 Å². The van der Waals surface area contributed by atoms with Crippen LogP contribution in [0.5, 0.6) is 0 Å². The van der Waals surface area contributed by atoms with Crippen LogP contribution in [0.1, 0.15) is 18.5 Å². The van der Waals surface area contributed by atoms with E-state index in [1.807, 2.05) is 24.3 Å². The largest absolute Gasteiger partial charge is 0.384 e. The second kappa shape index (κ2) is 6.10. The molecule has 2 aromatic rings. The highest BCUT2D eigenvalue weighted by atomic mass is 16.5. The zero-order valence-electron chi connectivity index (χ0n) is 12.4. The molecule has 0 aromatic heterocycles. The Morgan fingerprint density at radius 3 is 2.24 bits per heavy atom. The van der Waals surface area contributed by atoms with Gasteiger partial charge in [0.05, 0.1) is 18.3 Å². The molecular formula is C18H20N2O. The van der Waals surface area contributed by atoms with Crippen molar-refractivity contribution in [2.75, 3.05) is 18.7 Å². The molecule has 2 aromatic carbocycles. The van der Waals surface area contributed by atoms with Crippen molar-refractivity contribution in [1.29, 1.82) is 0 Å². The Balaban J connectivity index is 2.01. The van der Waals surface area contributed by atoms with Crippen LogP contribution in [0.4, 0.5) is 5.69 Å². The number of ether oxygens (including phenoxy) is 1. The Morgan fingerprint density at radius 2 is 1.62 bits per heavy atom. The SMILES string of the molecule is COC[C@H]1C(C)=NN(c2ccccc2)[C@@H]1c1ccccc1. The van der Waals surface area contributed by atoms with E-state index in [-0.39, 0.29) is 12.0 Å². The first-order valence-corrected chi connectivity index (χ1v) is 7.24. The summed E-state index contributed by atoms with van der Waals surface area (Å²) >= 11 is 0. The summed E-state index contributed by atoms with van der Waals surface area (Å²) in [5.74, 6) is 0.276. The van der Waals surface area contributed by atoms with Gasteiger partial charge in [-0.15, -0.1) is 0 Å². The van der Waals surface area contributed by atoms with E-state index in [1.165, 1.54) is 5.56 Å². The fraction of sp³-hybridized carbons (Fsp3) is 0.278. The molecule has 3 nitrogen and oxygen atoms in total. The van der Waals surface area contributed by atoms with Crippen LogP contribution < -0.4 is 5.01 Å². The number of hydrogen-bond donors (Lipinski definition) is 0. The van der Waals surface area contributed by atoms with Crippen molar-refractivity contribution >= 4 is 11.4 Å². The van der Waals surface area contributed by atoms with Gasteiger partial charge in [0.2, 0.25) is 0 Å². The van der Waals surface area contributed by atoms with E-state index < -0.39 is 0 Å². The molecule has 0 saturated carbocycles. The molecule has 108 valence electrons. The molecule has 1 aliphatic heterocycles. The number of hydrogen-bond acceptors (Lipinski definition) is 3. The molecule has 1 aliphatic rings. The van der Waals surface area contributed by atoms with Gasteiger partial charge in [0.15, 0.2) is 0 Å². The zero-order chi connectivity index (χ0) is 14.7. The number of methoxy groups -OCH3 is 1. The molecule has 1 heterocycles. The topological polar surface area (TPSA) is 24.8 Å². The molecule has 3 heteroatoms. The summed E-state index contributed by atoms with van der Waals surface area (Å²) in [5.41, 5.74) is 3.50. The van der Waals surface area contributed by atoms with Crippen molar-refractivity contribution in [2.45, 2.75) is 13.0 Å². The quantitative estimate of drug-likeness (QED) is 0.849. The maximum absolute atomic E-state index is 5.42. The molecule has 0 amide bonds. The van der Waals surface area contributed by atoms with E-state index in [0.29, 0.717) is 6.61 Å². The number of hydrazone groups is 1. The van der Waals surface area contributed by atoms with Gasteiger partial charge in [0.1, 0.15) is 0 Å². The van der Waals surface area contributed by atoms with Crippen LogP contribution in [0.25, 0.3) is 0 Å². The van der Waals surface area contributed by atoms with Crippen LogP contribution in [0.2, 0.25) is 0 Å². The van der Waals surface area contributed by atoms with E-state index in [2.05, 4.69) is 48.3 Å². The minimum atomic E-state index is 0.188. The second-order valence-corrected chi connectivity index (χ2v) is 5.34. The van der Waals surface area contributed by atoms with Gasteiger partial charge in [-0.3, -0.25) is 5.01 Å². The van der Waals surface area contributed by atoms with Crippen LogP contribution in [0.3, 0.4) is 0 Å². The van der Waals surface area contributed by atoms with Crippen molar-refractivity contribution in [3.8, 4) is 0 Å². The third kappa shape index (κ3) is 2.69. The summed E-state index contributed by atoms with van der Waals surface area (Å²) in [7, 11) is 1.75. The summed E-state index contributed by atoms with van der Waals surface area (Å²) in [5, 5.41) is 6.91. The fourth-order valence-corrected chi connectivity index (χ4v) is 2.92. The third-order valence-corrected chi connectivity index (χ3v) is 3.95. The Labute approximate surface area is 125 Å². The van der Waals surface area contributed by atoms with Crippen molar-refractivity contribution < 1.29 is 4.74 Å². The fourth-order valence-electron chi connectivity index (χ4n) is 2.92. The van der Waals surface area contributed by atoms with E-state index in [1.54, 1.807) is 7.11 Å². The molecule has 0 fully saturated rings. The summed E-state index contributed by atoms with van der Waals surface area (Å²) in [6.07, 6.45) is 0. The molecule has 3 rings (SSSR count). The molecule has 2 atom stereocenters. The van der Waals surface area contributed by atoms with Crippen molar-refractivity contribution in [1.82, 2.24) is 0 Å². The molecule has 0 N–H and O–H groups in total. The Hall–Kier alpha value is -2.13. The van der Waals surface area contributed by atoms with Crippen molar-refractivity contribution in [3.63, 3.8) is 0 Å². The molecule has 0 radical (unpaired) electrons. The molecule has 21 heavy (non-hydrogen) atoms. The maximum atomic E-state index is 5.42. The van der Waals surface area contributed by atoms with Gasteiger partial charge >= 0.3 is 0 Å². The number of benzene rings is 2. The average Bonchev–Trinajstić information content (AvgIpc) is 2.86. The smallest absolute Gasteiger partial charge is 0.0878 e. The normalized spacial score (nSPS) is 21.4. The van der Waals surface area contributed by atoms with Crippen molar-refractivity contribution in [3.05, 3.63) is 66.2 Å². The van der Waals surface area contributed by atoms with Gasteiger partial charge in [-0.1, -0.05) is 48.5 Å². The first-order valence-electron chi connectivity index (χ1n) is 7.24. The summed E-state index contributed by atoms with van der Waals surface area (Å²) in [6.45, 7) is 2.76. The van der Waals surface area contributed by atoms with Crippen LogP contribution in [0.15, 0.2) is 65.8 Å². The highest BCUT2D eigenvalue weighted by Gasteiger charge is 2.36. The second-order valence-electron chi connectivity index (χ2n) is 5.34. The van der Waals surface area contributed by atoms with E-state index >= 15 is 0 Å². The average molecular weight is 280 g/mol. The lowest BCUT2D eigenvalue weighted by Gasteiger charge is -2.28. The number of anilines is 1. The Kier molecular flexibility index (Phi) is 4.02. The minimum absolute atomic E-state index is 0.188. The zero-order valence-corrected chi connectivity index (χ0v) is 12.4. The monoisotopic (exact) mass is 280 g/mol. The highest BCUT2D eigenvalue weighted by Crippen LogP contribution is 2.38. The van der Waals surface area contributed by atoms with Gasteiger partial charge in [-0.2, -0.15) is 5.10 Å². The molecule has 0 bridgehead atoms. The number of para-hydroxylation sites is 1. The first kappa shape index (κ1) is 13.8. The third-order valence-electron chi connectivity index (χ3n) is 3.95. The van der Waals surface area contributed by atoms with Gasteiger partial charge in [-0.25, -0.2) is 0 Å². The lowest BCUT2D eigenvalue weighted by Crippen LogP contribution is -2.27. The van der Waals surface area contributed by atoms with Crippen LogP contribution in [-0.2, 0) is 4.74 Å². The van der Waals surface area contributed by atoms with Crippen molar-refractivity contribution in [2.24, 2.45) is 11.0 Å². The standard InChI is InChI=1S/C18H20N2O/c1-14-17(13-21-2)18(15-9-5-3-6-10-15)20(19-14)16-11-7-4-8-12-16/h3-12,17-18H,13H2,1-2H3/t17-,18+/m0/s1. The summed E-state index contributed by atoms with van der Waals surface area (Å²) < 4.78 is 5.42. The summed E-state index contributed by atoms with van der Waals surface area (Å²) in [6, 6.07) is 21.0. The Morgan fingerprint density at radius 1 is 1.00 bits per heavy atom. The predicted octanol–water partition coefficient (Wildman–Crippen LogP) is 3.89. The minimum Gasteiger partial charge on any atom is -0.384 e. The van der Waals surface area contributed by atoms with Gasteiger partial charge in [0.25, 0.3) is 0 Å². The number of nitrogens with zero attached hydrogens (tertiary/aromatic N) is 2. The highest BCUT2D eigenvalue weighted by molar-refractivity contribution is 5.89. The predicted molar refractivity (Wildman–Crippen MR) is 86.6 cm³/mol. The molecular weight excluding hydrogens is 260 g/mol. The van der Waals surface area contributed by atoms with E-state index in [9.17, 15) is 0 Å². The lowest BCUT2D eigenvalue weighted by atomic mass is 9.91. The first-order chi connectivity index (χ1) is 10.3. The van der Waals surface area contributed by atoms with Gasteiger partial charge in [0, 0.05) is 18.7 Å². The number of rotatable bonds is 4. The van der Waals surface area contributed by atoms with Gasteiger partial charge in [-0.05, 0) is 24.6 Å². The summed E-state index contributed by atoms with van der Waals surface area (Å²) in [4.78, 5) is 0.